The fraction of sp³-hybridized carbons (Fsp3) is 0.353. The molecule has 2 heterocycles. The monoisotopic (exact) mass is 328 g/mol. The van der Waals surface area contributed by atoms with Crippen LogP contribution in [0.4, 0.5) is 0 Å². The summed E-state index contributed by atoms with van der Waals surface area (Å²) in [6.45, 7) is 6.71. The Morgan fingerprint density at radius 1 is 1.17 bits per heavy atom. The number of thiazole rings is 1. The zero-order chi connectivity index (χ0) is 16.4. The second kappa shape index (κ2) is 6.60. The highest BCUT2D eigenvalue weighted by atomic mass is 32.1. The molecule has 23 heavy (non-hydrogen) atoms. The molecule has 0 aliphatic carbocycles. The van der Waals surface area contributed by atoms with Crippen LogP contribution in [0, 0.1) is 13.8 Å². The lowest BCUT2D eigenvalue weighted by molar-refractivity contribution is 0.244. The summed E-state index contributed by atoms with van der Waals surface area (Å²) in [7, 11) is 2.07. The van der Waals surface area contributed by atoms with Crippen molar-refractivity contribution in [3.05, 3.63) is 52.6 Å². The van der Waals surface area contributed by atoms with Gasteiger partial charge in [-0.25, -0.2) is 4.98 Å². The molecule has 0 aliphatic rings. The summed E-state index contributed by atoms with van der Waals surface area (Å²) in [5, 5.41) is 5.03. The van der Waals surface area contributed by atoms with E-state index in [4.69, 9.17) is 9.51 Å². The first-order chi connectivity index (χ1) is 11.0. The van der Waals surface area contributed by atoms with E-state index in [1.54, 1.807) is 18.3 Å². The fourth-order valence-corrected chi connectivity index (χ4v) is 3.65. The van der Waals surface area contributed by atoms with Crippen molar-refractivity contribution in [3.8, 4) is 10.6 Å². The molecule has 0 saturated heterocycles. The van der Waals surface area contributed by atoms with Crippen LogP contribution < -0.4 is 0 Å². The summed E-state index contributed by atoms with van der Waals surface area (Å²) >= 11 is 1.75. The van der Waals surface area contributed by atoms with Gasteiger partial charge >= 0.3 is 0 Å². The van der Waals surface area contributed by atoms with Crippen molar-refractivity contribution in [3.63, 3.8) is 0 Å². The van der Waals surface area contributed by atoms with Crippen molar-refractivity contribution < 1.29 is 4.52 Å². The molecule has 0 N–H and O–H groups in total. The zero-order valence-electron chi connectivity index (χ0n) is 13.8. The molecular formula is C17H20N4OS. The van der Waals surface area contributed by atoms with Gasteiger partial charge in [0.05, 0.1) is 12.2 Å². The normalized spacial score (nSPS) is 12.7. The van der Waals surface area contributed by atoms with Crippen molar-refractivity contribution in [1.82, 2.24) is 20.0 Å². The van der Waals surface area contributed by atoms with Gasteiger partial charge in [-0.15, -0.1) is 11.3 Å². The average molecular weight is 328 g/mol. The number of hydrogen-bond donors (Lipinski definition) is 0. The maximum atomic E-state index is 5.04. The maximum Gasteiger partial charge on any atom is 0.223 e. The summed E-state index contributed by atoms with van der Waals surface area (Å²) in [6, 6.07) is 10.5. The Kier molecular flexibility index (Phi) is 4.54. The second-order valence-corrected chi connectivity index (χ2v) is 6.69. The van der Waals surface area contributed by atoms with Gasteiger partial charge in [-0.05, 0) is 20.9 Å². The quantitative estimate of drug-likeness (QED) is 0.708. The Balaban J connectivity index is 1.79. The van der Waals surface area contributed by atoms with Gasteiger partial charge in [-0.2, -0.15) is 4.98 Å². The van der Waals surface area contributed by atoms with Gasteiger partial charge in [-0.3, -0.25) is 4.90 Å². The van der Waals surface area contributed by atoms with Crippen LogP contribution in [0.2, 0.25) is 0 Å². The summed E-state index contributed by atoms with van der Waals surface area (Å²) in [5.74, 6) is 1.31. The largest absolute Gasteiger partial charge is 0.340 e. The van der Waals surface area contributed by atoms with Gasteiger partial charge in [0.2, 0.25) is 5.89 Å². The number of aryl methyl sites for hydroxylation is 2. The first-order valence-corrected chi connectivity index (χ1v) is 8.38. The molecule has 0 spiro atoms. The predicted octanol–water partition coefficient (Wildman–Crippen LogP) is 4.00. The smallest absolute Gasteiger partial charge is 0.223 e. The van der Waals surface area contributed by atoms with Crippen LogP contribution >= 0.6 is 11.3 Å². The summed E-state index contributed by atoms with van der Waals surface area (Å²) in [5.41, 5.74) is 2.24. The van der Waals surface area contributed by atoms with E-state index < -0.39 is 0 Å². The van der Waals surface area contributed by atoms with Crippen LogP contribution in [0.1, 0.15) is 35.3 Å². The Morgan fingerprint density at radius 3 is 2.57 bits per heavy atom. The molecule has 0 fully saturated rings. The van der Waals surface area contributed by atoms with E-state index in [-0.39, 0.29) is 6.04 Å². The molecular weight excluding hydrogens is 308 g/mol. The highest BCUT2D eigenvalue weighted by Crippen LogP contribution is 2.34. The third-order valence-corrected chi connectivity index (χ3v) is 5.23. The van der Waals surface area contributed by atoms with Crippen LogP contribution in [0.5, 0.6) is 0 Å². The summed E-state index contributed by atoms with van der Waals surface area (Å²) < 4.78 is 5.04. The Labute approximate surface area is 140 Å². The summed E-state index contributed by atoms with van der Waals surface area (Å²) in [4.78, 5) is 12.5. The van der Waals surface area contributed by atoms with Crippen LogP contribution in [0.3, 0.4) is 0 Å². The van der Waals surface area contributed by atoms with Crippen molar-refractivity contribution in [2.75, 3.05) is 7.05 Å². The van der Waals surface area contributed by atoms with E-state index in [1.807, 2.05) is 18.2 Å². The molecule has 6 heteroatoms. The number of aromatic nitrogens is 3. The zero-order valence-corrected chi connectivity index (χ0v) is 14.6. The SMILES string of the molecule is Cc1nc(CN(C)[C@@H](C)c2sc(-c3ccccc3)nc2C)no1. The lowest BCUT2D eigenvalue weighted by Crippen LogP contribution is -2.22. The number of hydrogen-bond acceptors (Lipinski definition) is 6. The van der Waals surface area contributed by atoms with Crippen LogP contribution in [-0.2, 0) is 6.54 Å². The van der Waals surface area contributed by atoms with Gasteiger partial charge in [0.25, 0.3) is 0 Å². The molecule has 1 aromatic carbocycles. The lowest BCUT2D eigenvalue weighted by atomic mass is 10.2. The van der Waals surface area contributed by atoms with E-state index >= 15 is 0 Å². The van der Waals surface area contributed by atoms with E-state index in [1.165, 1.54) is 4.88 Å². The molecule has 5 nitrogen and oxygen atoms in total. The molecule has 1 atom stereocenters. The minimum atomic E-state index is 0.240. The predicted molar refractivity (Wildman–Crippen MR) is 91.2 cm³/mol. The molecule has 0 radical (unpaired) electrons. The number of benzene rings is 1. The number of rotatable bonds is 5. The Morgan fingerprint density at radius 2 is 1.91 bits per heavy atom. The molecule has 120 valence electrons. The van der Waals surface area contributed by atoms with Crippen LogP contribution in [-0.4, -0.2) is 27.1 Å². The molecule has 0 aliphatic heterocycles. The number of nitrogens with zero attached hydrogens (tertiary/aromatic N) is 4. The van der Waals surface area contributed by atoms with E-state index in [9.17, 15) is 0 Å². The Hall–Kier alpha value is -2.05. The van der Waals surface area contributed by atoms with Crippen LogP contribution in [0.15, 0.2) is 34.9 Å². The van der Waals surface area contributed by atoms with E-state index in [0.29, 0.717) is 18.3 Å². The lowest BCUT2D eigenvalue weighted by Gasteiger charge is -2.22. The molecule has 0 unspecified atom stereocenters. The molecule has 0 amide bonds. The minimum Gasteiger partial charge on any atom is -0.340 e. The fourth-order valence-electron chi connectivity index (χ4n) is 2.47. The second-order valence-electron chi connectivity index (χ2n) is 5.66. The van der Waals surface area contributed by atoms with Gasteiger partial charge in [-0.1, -0.05) is 35.5 Å². The van der Waals surface area contributed by atoms with Gasteiger partial charge in [0.15, 0.2) is 5.82 Å². The minimum absolute atomic E-state index is 0.240. The molecule has 0 saturated carbocycles. The van der Waals surface area contributed by atoms with Crippen molar-refractivity contribution >= 4 is 11.3 Å². The van der Waals surface area contributed by atoms with E-state index in [2.05, 4.69) is 48.1 Å². The molecule has 2 aromatic heterocycles. The summed E-state index contributed by atoms with van der Waals surface area (Å²) in [6.07, 6.45) is 0. The highest BCUT2D eigenvalue weighted by Gasteiger charge is 2.20. The van der Waals surface area contributed by atoms with Crippen molar-refractivity contribution in [2.24, 2.45) is 0 Å². The van der Waals surface area contributed by atoms with Gasteiger partial charge in [0.1, 0.15) is 5.01 Å². The van der Waals surface area contributed by atoms with Crippen molar-refractivity contribution in [1.29, 1.82) is 0 Å². The third-order valence-electron chi connectivity index (χ3n) is 3.85. The highest BCUT2D eigenvalue weighted by molar-refractivity contribution is 7.15. The van der Waals surface area contributed by atoms with E-state index in [0.717, 1.165) is 16.3 Å². The van der Waals surface area contributed by atoms with Gasteiger partial charge in [0, 0.05) is 23.4 Å². The topological polar surface area (TPSA) is 55.1 Å². The maximum absolute atomic E-state index is 5.04. The van der Waals surface area contributed by atoms with Crippen molar-refractivity contribution in [2.45, 2.75) is 33.4 Å². The molecule has 0 bridgehead atoms. The Bertz CT molecular complexity index is 781. The standard InChI is InChI=1S/C17H20N4OS/c1-11-16(23-17(18-11)14-8-6-5-7-9-14)12(2)21(4)10-15-19-13(3)22-20-15/h5-9,12H,10H2,1-4H3/t12-/m0/s1. The van der Waals surface area contributed by atoms with Gasteiger partial charge < -0.3 is 4.52 Å². The molecule has 3 aromatic rings. The molecule has 3 rings (SSSR count). The van der Waals surface area contributed by atoms with Crippen LogP contribution in [0.25, 0.3) is 10.6 Å². The average Bonchev–Trinajstić information content (AvgIpc) is 3.13. The first kappa shape index (κ1) is 15.8. The third kappa shape index (κ3) is 3.48. The first-order valence-electron chi connectivity index (χ1n) is 7.56.